The molecule has 0 aromatic rings. The number of carbonyl (C=O) groups is 2. The first kappa shape index (κ1) is 13.9. The van der Waals surface area contributed by atoms with Gasteiger partial charge >= 0.3 is 12.1 Å². The number of rotatable bonds is 7. The number of ketones is 1. The third kappa shape index (κ3) is 7.96. The fourth-order valence-corrected chi connectivity index (χ4v) is 1.06. The average Bonchev–Trinajstić information content (AvgIpc) is 2.08. The molecule has 0 fully saturated rings. The Hall–Kier alpha value is -1.07. The summed E-state index contributed by atoms with van der Waals surface area (Å²) in [4.78, 5) is 20.5. The van der Waals surface area contributed by atoms with Crippen LogP contribution in [0.1, 0.15) is 38.5 Å². The molecule has 3 nitrogen and oxygen atoms in total. The molecule has 0 bridgehead atoms. The van der Waals surface area contributed by atoms with Crippen LogP contribution in [-0.2, 0) is 9.59 Å². The zero-order valence-electron chi connectivity index (χ0n) is 8.14. The van der Waals surface area contributed by atoms with Crippen molar-refractivity contribution in [2.75, 3.05) is 0 Å². The summed E-state index contributed by atoms with van der Waals surface area (Å²) < 4.78 is 35.1. The Labute approximate surface area is 85.3 Å². The number of alkyl halides is 3. The molecule has 88 valence electrons. The van der Waals surface area contributed by atoms with Crippen LogP contribution in [0.5, 0.6) is 0 Å². The van der Waals surface area contributed by atoms with Gasteiger partial charge in [0.05, 0.1) is 0 Å². The van der Waals surface area contributed by atoms with E-state index in [1.165, 1.54) is 0 Å². The van der Waals surface area contributed by atoms with Crippen molar-refractivity contribution < 1.29 is 27.9 Å². The lowest BCUT2D eigenvalue weighted by atomic mass is 10.1. The van der Waals surface area contributed by atoms with Crippen molar-refractivity contribution in [3.05, 3.63) is 0 Å². The van der Waals surface area contributed by atoms with Gasteiger partial charge in [-0.3, -0.25) is 9.59 Å². The Kier molecular flexibility index (Phi) is 5.96. The Morgan fingerprint density at radius 3 is 1.80 bits per heavy atom. The monoisotopic (exact) mass is 226 g/mol. The topological polar surface area (TPSA) is 54.4 Å². The molecule has 0 spiro atoms. The van der Waals surface area contributed by atoms with Crippen LogP contribution in [-0.4, -0.2) is 23.0 Å². The maximum absolute atomic E-state index is 11.7. The molecule has 0 aromatic carbocycles. The zero-order chi connectivity index (χ0) is 11.9. The highest BCUT2D eigenvalue weighted by molar-refractivity contribution is 5.83. The van der Waals surface area contributed by atoms with Crippen LogP contribution in [0.2, 0.25) is 0 Å². The van der Waals surface area contributed by atoms with E-state index in [0.717, 1.165) is 0 Å². The van der Waals surface area contributed by atoms with Crippen molar-refractivity contribution in [1.82, 2.24) is 0 Å². The quantitative estimate of drug-likeness (QED) is 0.678. The molecule has 0 saturated heterocycles. The van der Waals surface area contributed by atoms with E-state index in [2.05, 4.69) is 0 Å². The smallest absolute Gasteiger partial charge is 0.449 e. The van der Waals surface area contributed by atoms with E-state index >= 15 is 0 Å². The highest BCUT2D eigenvalue weighted by atomic mass is 19.4. The van der Waals surface area contributed by atoms with Crippen LogP contribution >= 0.6 is 0 Å². The normalized spacial score (nSPS) is 11.4. The molecule has 0 aromatic heterocycles. The third-order valence-electron chi connectivity index (χ3n) is 1.86. The predicted octanol–water partition coefficient (Wildman–Crippen LogP) is 2.54. The fraction of sp³-hybridized carbons (Fsp3) is 0.778. The van der Waals surface area contributed by atoms with Gasteiger partial charge in [-0.05, 0) is 12.8 Å². The molecule has 0 radical (unpaired) electrons. The van der Waals surface area contributed by atoms with Gasteiger partial charge in [-0.15, -0.1) is 0 Å². The van der Waals surface area contributed by atoms with Gasteiger partial charge in [-0.2, -0.15) is 13.2 Å². The molecule has 0 heterocycles. The minimum atomic E-state index is -4.74. The van der Waals surface area contributed by atoms with Gasteiger partial charge in [0.25, 0.3) is 0 Å². The summed E-state index contributed by atoms with van der Waals surface area (Å²) in [5.41, 5.74) is 0. The lowest BCUT2D eigenvalue weighted by Crippen LogP contribution is -2.22. The molecule has 0 aliphatic carbocycles. The van der Waals surface area contributed by atoms with Gasteiger partial charge < -0.3 is 5.11 Å². The zero-order valence-corrected chi connectivity index (χ0v) is 8.14. The second-order valence-electron chi connectivity index (χ2n) is 3.23. The van der Waals surface area contributed by atoms with Crippen LogP contribution in [0.25, 0.3) is 0 Å². The van der Waals surface area contributed by atoms with Crippen LogP contribution in [0.3, 0.4) is 0 Å². The SMILES string of the molecule is O=C(O)CCCCCCC(=O)C(F)(F)F. The Morgan fingerprint density at radius 1 is 0.933 bits per heavy atom. The summed E-state index contributed by atoms with van der Waals surface area (Å²) in [5.74, 6) is -2.62. The minimum Gasteiger partial charge on any atom is -0.481 e. The lowest BCUT2D eigenvalue weighted by molar-refractivity contribution is -0.171. The van der Waals surface area contributed by atoms with Crippen molar-refractivity contribution in [1.29, 1.82) is 0 Å². The van der Waals surface area contributed by atoms with Gasteiger partial charge in [0.15, 0.2) is 0 Å². The summed E-state index contributed by atoms with van der Waals surface area (Å²) in [6, 6.07) is 0. The first-order chi connectivity index (χ1) is 6.84. The van der Waals surface area contributed by atoms with Crippen molar-refractivity contribution in [3.8, 4) is 0 Å². The van der Waals surface area contributed by atoms with Gasteiger partial charge in [0, 0.05) is 12.8 Å². The van der Waals surface area contributed by atoms with E-state index in [4.69, 9.17) is 5.11 Å². The number of carbonyl (C=O) groups excluding carboxylic acids is 1. The van der Waals surface area contributed by atoms with Gasteiger partial charge in [0.2, 0.25) is 5.78 Å². The standard InChI is InChI=1S/C9H13F3O3/c10-9(11,12)7(13)5-3-1-2-4-6-8(14)15/h1-6H2,(H,14,15). The van der Waals surface area contributed by atoms with Crippen LogP contribution in [0.4, 0.5) is 13.2 Å². The molecule has 15 heavy (non-hydrogen) atoms. The number of unbranched alkanes of at least 4 members (excludes halogenated alkanes) is 3. The van der Waals surface area contributed by atoms with Gasteiger partial charge in [-0.25, -0.2) is 0 Å². The number of Topliss-reactive ketones (excluding diaryl/α,β-unsaturated/α-hetero) is 1. The summed E-state index contributed by atoms with van der Waals surface area (Å²) in [6.07, 6.45) is -3.62. The Balaban J connectivity index is 3.40. The van der Waals surface area contributed by atoms with Crippen molar-refractivity contribution in [2.24, 2.45) is 0 Å². The molecule has 0 amide bonds. The van der Waals surface area contributed by atoms with E-state index in [1.54, 1.807) is 0 Å². The third-order valence-corrected chi connectivity index (χ3v) is 1.86. The lowest BCUT2D eigenvalue weighted by Gasteiger charge is -2.04. The number of hydrogen-bond acceptors (Lipinski definition) is 2. The summed E-state index contributed by atoms with van der Waals surface area (Å²) in [5, 5.41) is 8.26. The minimum absolute atomic E-state index is 0.0210. The van der Waals surface area contributed by atoms with E-state index < -0.39 is 24.3 Å². The Morgan fingerprint density at radius 2 is 1.40 bits per heavy atom. The average molecular weight is 226 g/mol. The van der Waals surface area contributed by atoms with Crippen LogP contribution in [0, 0.1) is 0 Å². The second-order valence-corrected chi connectivity index (χ2v) is 3.23. The van der Waals surface area contributed by atoms with Crippen molar-refractivity contribution in [3.63, 3.8) is 0 Å². The fourth-order valence-electron chi connectivity index (χ4n) is 1.06. The number of carboxylic acid groups (broad SMARTS) is 1. The van der Waals surface area contributed by atoms with E-state index in [-0.39, 0.29) is 12.8 Å². The van der Waals surface area contributed by atoms with Gasteiger partial charge in [-0.1, -0.05) is 12.8 Å². The van der Waals surface area contributed by atoms with Crippen LogP contribution < -0.4 is 0 Å². The van der Waals surface area contributed by atoms with E-state index in [0.29, 0.717) is 19.3 Å². The number of hydrogen-bond donors (Lipinski definition) is 1. The summed E-state index contributed by atoms with van der Waals surface area (Å²) >= 11 is 0. The predicted molar refractivity (Wildman–Crippen MR) is 46.4 cm³/mol. The maximum atomic E-state index is 11.7. The Bertz CT molecular complexity index is 223. The van der Waals surface area contributed by atoms with Gasteiger partial charge in [0.1, 0.15) is 0 Å². The first-order valence-corrected chi connectivity index (χ1v) is 4.66. The highest BCUT2D eigenvalue weighted by Gasteiger charge is 2.36. The molecule has 0 aliphatic heterocycles. The molecule has 0 saturated carbocycles. The molecule has 0 aliphatic rings. The first-order valence-electron chi connectivity index (χ1n) is 4.66. The maximum Gasteiger partial charge on any atom is 0.449 e. The van der Waals surface area contributed by atoms with Crippen molar-refractivity contribution >= 4 is 11.8 Å². The largest absolute Gasteiger partial charge is 0.481 e. The van der Waals surface area contributed by atoms with Crippen LogP contribution in [0.15, 0.2) is 0 Å². The number of carboxylic acids is 1. The molecule has 0 unspecified atom stereocenters. The molecular formula is C9H13F3O3. The molecule has 0 rings (SSSR count). The summed E-state index contributed by atoms with van der Waals surface area (Å²) in [7, 11) is 0. The summed E-state index contributed by atoms with van der Waals surface area (Å²) in [6.45, 7) is 0. The number of halogens is 3. The highest BCUT2D eigenvalue weighted by Crippen LogP contribution is 2.19. The van der Waals surface area contributed by atoms with E-state index in [9.17, 15) is 22.8 Å². The number of aliphatic carboxylic acids is 1. The van der Waals surface area contributed by atoms with Crippen molar-refractivity contribution in [2.45, 2.75) is 44.7 Å². The second kappa shape index (κ2) is 6.42. The molecule has 1 N–H and O–H groups in total. The molecule has 6 heteroatoms. The molecular weight excluding hydrogens is 213 g/mol. The van der Waals surface area contributed by atoms with E-state index in [1.807, 2.05) is 0 Å². The molecule has 0 atom stereocenters.